The van der Waals surface area contributed by atoms with Crippen LogP contribution in [0.2, 0.25) is 0 Å². The predicted molar refractivity (Wildman–Crippen MR) is 73.2 cm³/mol. The molecule has 0 fully saturated rings. The van der Waals surface area contributed by atoms with Gasteiger partial charge in [0.15, 0.2) is 11.5 Å². The van der Waals surface area contributed by atoms with E-state index in [0.29, 0.717) is 0 Å². The van der Waals surface area contributed by atoms with Gasteiger partial charge in [-0.2, -0.15) is 0 Å². The van der Waals surface area contributed by atoms with Gasteiger partial charge < -0.3 is 40.0 Å². The Bertz CT molecular complexity index is 492. The summed E-state index contributed by atoms with van der Waals surface area (Å²) in [5, 5.41) is 33.8. The van der Waals surface area contributed by atoms with Crippen LogP contribution in [0.15, 0.2) is 0 Å². The second-order valence-corrected chi connectivity index (χ2v) is 7.74. The molecule has 0 aromatic carbocycles. The van der Waals surface area contributed by atoms with Crippen molar-refractivity contribution in [3.63, 3.8) is 0 Å². The van der Waals surface area contributed by atoms with Crippen LogP contribution in [0.5, 0.6) is 0 Å². The van der Waals surface area contributed by atoms with E-state index in [1.165, 1.54) is 0 Å². The van der Waals surface area contributed by atoms with Gasteiger partial charge in [-0.1, -0.05) is 0 Å². The van der Waals surface area contributed by atoms with E-state index in [1.807, 2.05) is 0 Å². The SMILES string of the molecule is O=C(O)CC(O)(CC(=O)O)C(=O)O.O=P(O)(O)CP(=O)(O)O.[Fe].[Fe].[NaH]. The Kier molecular flexibility index (Phi) is 21.6. The van der Waals surface area contributed by atoms with Crippen LogP contribution in [-0.4, -0.2) is 99.0 Å². The molecule has 8 N–H and O–H groups in total. The monoisotopic (exact) mass is 504 g/mol. The third-order valence-electron chi connectivity index (χ3n) is 1.65. The summed E-state index contributed by atoms with van der Waals surface area (Å²) in [7, 11) is -9.10. The number of hydrogen-bond acceptors (Lipinski definition) is 6. The van der Waals surface area contributed by atoms with Crippen molar-refractivity contribution in [2.75, 3.05) is 5.90 Å². The minimum absolute atomic E-state index is 0. The van der Waals surface area contributed by atoms with E-state index in [1.54, 1.807) is 0 Å². The van der Waals surface area contributed by atoms with Crippen molar-refractivity contribution in [3.05, 3.63) is 0 Å². The molecule has 0 saturated carbocycles. The summed E-state index contributed by atoms with van der Waals surface area (Å²) in [5.41, 5.74) is -2.74. The fourth-order valence-electron chi connectivity index (χ4n) is 0.954. The van der Waals surface area contributed by atoms with E-state index in [9.17, 15) is 23.5 Å². The normalized spacial score (nSPS) is 10.6. The number of hydrogen-bond donors (Lipinski definition) is 8. The van der Waals surface area contributed by atoms with E-state index >= 15 is 0 Å². The van der Waals surface area contributed by atoms with Crippen molar-refractivity contribution >= 4 is 62.7 Å². The number of aliphatic hydroxyl groups is 1. The first-order chi connectivity index (χ1) is 9.48. The van der Waals surface area contributed by atoms with Gasteiger partial charge in [-0.15, -0.1) is 0 Å². The average molecular weight is 504 g/mol. The first kappa shape index (κ1) is 36.6. The van der Waals surface area contributed by atoms with Gasteiger partial charge >= 0.3 is 62.7 Å². The van der Waals surface area contributed by atoms with Gasteiger partial charge in [0.25, 0.3) is 0 Å². The topological polar surface area (TPSA) is 247 Å². The second-order valence-electron chi connectivity index (χ2n) is 3.95. The van der Waals surface area contributed by atoms with Crippen LogP contribution in [0.1, 0.15) is 12.8 Å². The third-order valence-corrected chi connectivity index (χ3v) is 4.60. The van der Waals surface area contributed by atoms with E-state index < -0.39 is 57.4 Å². The van der Waals surface area contributed by atoms with Crippen LogP contribution in [-0.2, 0) is 57.7 Å². The van der Waals surface area contributed by atoms with E-state index in [-0.39, 0.29) is 63.7 Å². The van der Waals surface area contributed by atoms with Crippen LogP contribution >= 0.6 is 15.2 Å². The molecular formula is C7H15Fe2NaO13P2. The molecule has 0 aliphatic rings. The Balaban J connectivity index is -0.0000001000. The zero-order valence-electron chi connectivity index (χ0n) is 11.3. The van der Waals surface area contributed by atoms with Gasteiger partial charge in [-0.25, -0.2) is 4.79 Å². The summed E-state index contributed by atoms with van der Waals surface area (Å²) < 4.78 is 19.7. The third kappa shape index (κ3) is 24.7. The molecule has 13 nitrogen and oxygen atoms in total. The zero-order valence-corrected chi connectivity index (χ0v) is 15.3. The molecule has 0 bridgehead atoms. The van der Waals surface area contributed by atoms with Crippen LogP contribution in [0.3, 0.4) is 0 Å². The molecule has 0 rings (SSSR count). The molecule has 0 saturated heterocycles. The molecule has 0 unspecified atom stereocenters. The van der Waals surface area contributed by atoms with Gasteiger partial charge in [0, 0.05) is 34.1 Å². The van der Waals surface area contributed by atoms with Crippen LogP contribution in [0, 0.1) is 0 Å². The van der Waals surface area contributed by atoms with Crippen molar-refractivity contribution in [2.24, 2.45) is 0 Å². The molecule has 0 heterocycles. The molecule has 25 heavy (non-hydrogen) atoms. The van der Waals surface area contributed by atoms with Crippen molar-refractivity contribution in [1.29, 1.82) is 0 Å². The number of carbonyl (C=O) groups is 3. The van der Waals surface area contributed by atoms with E-state index in [2.05, 4.69) is 0 Å². The molecule has 0 spiro atoms. The van der Waals surface area contributed by atoms with Crippen molar-refractivity contribution < 1.29 is 97.7 Å². The number of carboxylic acids is 3. The fraction of sp³-hybridized carbons (Fsp3) is 0.571. The first-order valence-electron chi connectivity index (χ1n) is 4.97. The molecule has 0 aliphatic heterocycles. The zero-order chi connectivity index (χ0) is 18.4. The molecule has 0 atom stereocenters. The quantitative estimate of drug-likeness (QED) is 0.131. The molecule has 0 radical (unpaired) electrons. The average Bonchev–Trinajstić information content (AvgIpc) is 2.08. The van der Waals surface area contributed by atoms with Gasteiger partial charge in [0.1, 0.15) is 0 Å². The van der Waals surface area contributed by atoms with Gasteiger partial charge in [-0.3, -0.25) is 18.7 Å². The number of rotatable bonds is 7. The fourth-order valence-corrected chi connectivity index (χ4v) is 2.87. The van der Waals surface area contributed by atoms with Gasteiger partial charge in [-0.05, 0) is 0 Å². The maximum absolute atomic E-state index is 10.3. The van der Waals surface area contributed by atoms with Gasteiger partial charge in [0.05, 0.1) is 12.8 Å². The number of carboxylic acid groups (broad SMARTS) is 3. The predicted octanol–water partition coefficient (Wildman–Crippen LogP) is -2.60. The molecular weight excluding hydrogens is 489 g/mol. The Hall–Kier alpha value is 0.709. The van der Waals surface area contributed by atoms with Crippen molar-refractivity contribution in [1.82, 2.24) is 0 Å². The summed E-state index contributed by atoms with van der Waals surface area (Å²) in [5.74, 6) is -6.39. The van der Waals surface area contributed by atoms with Crippen molar-refractivity contribution in [3.8, 4) is 0 Å². The van der Waals surface area contributed by atoms with Crippen LogP contribution < -0.4 is 0 Å². The van der Waals surface area contributed by atoms with E-state index in [0.717, 1.165) is 0 Å². The van der Waals surface area contributed by atoms with E-state index in [4.69, 9.17) is 40.0 Å². The Labute approximate surface area is 183 Å². The molecule has 0 aromatic rings. The molecule has 0 amide bonds. The molecule has 18 heteroatoms. The number of aliphatic carboxylic acids is 3. The summed E-state index contributed by atoms with van der Waals surface area (Å²) in [6, 6.07) is 0. The molecule has 0 aromatic heterocycles. The minimum atomic E-state index is -4.55. The standard InChI is InChI=1S/C6H8O7.CH6O6P2.2Fe.Na.H/c7-3(8)1-6(13,5(11)12)2-4(9)10;2-8(3,4)1-9(5,6)7;;;;/h13H,1-2H2,(H,7,8)(H,9,10)(H,11,12);1H2,(H2,2,3,4)(H2,5,6,7);;;;. The van der Waals surface area contributed by atoms with Crippen LogP contribution in [0.25, 0.3) is 0 Å². The summed E-state index contributed by atoms with van der Waals surface area (Å²) in [4.78, 5) is 62.4. The Morgan fingerprint density at radius 3 is 1.08 bits per heavy atom. The maximum atomic E-state index is 10.3. The second kappa shape index (κ2) is 14.7. The van der Waals surface area contributed by atoms with Crippen LogP contribution in [0.4, 0.5) is 0 Å². The Morgan fingerprint density at radius 2 is 1.00 bits per heavy atom. The Morgan fingerprint density at radius 1 is 0.760 bits per heavy atom. The first-order valence-corrected chi connectivity index (χ1v) is 8.56. The van der Waals surface area contributed by atoms with Crippen molar-refractivity contribution in [2.45, 2.75) is 18.4 Å². The summed E-state index contributed by atoms with van der Waals surface area (Å²) >= 11 is 0. The molecule has 148 valence electrons. The van der Waals surface area contributed by atoms with Gasteiger partial charge in [0.2, 0.25) is 0 Å². The summed E-state index contributed by atoms with van der Waals surface area (Å²) in [6.07, 6.45) is -2.29. The summed E-state index contributed by atoms with van der Waals surface area (Å²) in [6.45, 7) is 0. The molecule has 0 aliphatic carbocycles.